The van der Waals surface area contributed by atoms with Gasteiger partial charge in [-0.25, -0.2) is 0 Å². The maximum absolute atomic E-state index is 12.9. The predicted molar refractivity (Wildman–Crippen MR) is 115 cm³/mol. The fourth-order valence-electron chi connectivity index (χ4n) is 2.63. The van der Waals surface area contributed by atoms with Crippen LogP contribution in [0.5, 0.6) is 17.2 Å². The summed E-state index contributed by atoms with van der Waals surface area (Å²) in [5, 5.41) is 9.81. The van der Waals surface area contributed by atoms with Gasteiger partial charge in [-0.3, -0.25) is 9.69 Å². The minimum absolute atomic E-state index is 0.163. The van der Waals surface area contributed by atoms with Gasteiger partial charge in [-0.2, -0.15) is 4.99 Å². The molecule has 0 saturated carbocycles. The van der Waals surface area contributed by atoms with E-state index in [1.165, 1.54) is 23.1 Å². The maximum atomic E-state index is 12.9. The van der Waals surface area contributed by atoms with Crippen molar-refractivity contribution in [1.29, 1.82) is 0 Å². The molecule has 8 nitrogen and oxygen atoms in total. The predicted octanol–water partition coefficient (Wildman–Crippen LogP) is 3.66. The number of aryl methyl sites for hydroxylation is 1. The smallest absolute Gasteiger partial charge is 0.267 e. The second kappa shape index (κ2) is 9.10. The van der Waals surface area contributed by atoms with Crippen LogP contribution in [-0.2, 0) is 4.79 Å². The number of methoxy groups -OCH3 is 3. The highest BCUT2D eigenvalue weighted by atomic mass is 32.2. The van der Waals surface area contributed by atoms with E-state index in [4.69, 9.17) is 14.2 Å². The summed E-state index contributed by atoms with van der Waals surface area (Å²) in [5.41, 5.74) is 0.738. The van der Waals surface area contributed by atoms with E-state index in [-0.39, 0.29) is 5.91 Å². The van der Waals surface area contributed by atoms with E-state index in [1.54, 1.807) is 50.5 Å². The molecule has 1 aromatic heterocycles. The van der Waals surface area contributed by atoms with Crippen molar-refractivity contribution in [3.05, 3.63) is 40.3 Å². The van der Waals surface area contributed by atoms with Gasteiger partial charge in [0.2, 0.25) is 10.9 Å². The van der Waals surface area contributed by atoms with Gasteiger partial charge in [-0.1, -0.05) is 17.4 Å². The molecule has 10 heteroatoms. The molecule has 3 rings (SSSR count). The standard InChI is InChI=1S/C19H20N4O4S2/c1-6-7-23-17(24)15(29-19(23)20-18-22-21-11(2)28-18)10-12-8-13(25-3)16(27-5)14(9-12)26-4/h6,8-10H,1,7H2,2-5H3/b15-10-,20-19+. The Morgan fingerprint density at radius 2 is 1.86 bits per heavy atom. The molecule has 1 amide bonds. The number of amides is 1. The zero-order valence-electron chi connectivity index (χ0n) is 16.5. The highest BCUT2D eigenvalue weighted by molar-refractivity contribution is 8.18. The lowest BCUT2D eigenvalue weighted by atomic mass is 10.1. The Morgan fingerprint density at radius 1 is 1.17 bits per heavy atom. The number of hydrogen-bond donors (Lipinski definition) is 0. The van der Waals surface area contributed by atoms with Gasteiger partial charge in [-0.05, 0) is 42.5 Å². The van der Waals surface area contributed by atoms with Crippen molar-refractivity contribution in [1.82, 2.24) is 15.1 Å². The molecule has 2 aromatic rings. The van der Waals surface area contributed by atoms with Crippen molar-refractivity contribution in [2.45, 2.75) is 6.92 Å². The van der Waals surface area contributed by atoms with Gasteiger partial charge in [0.15, 0.2) is 16.7 Å². The van der Waals surface area contributed by atoms with Gasteiger partial charge >= 0.3 is 0 Å². The average Bonchev–Trinajstić information content (AvgIpc) is 3.25. The zero-order chi connectivity index (χ0) is 21.0. The molecule has 2 heterocycles. The Bertz CT molecular complexity index is 975. The van der Waals surface area contributed by atoms with Crippen molar-refractivity contribution in [3.8, 4) is 17.2 Å². The van der Waals surface area contributed by atoms with Crippen molar-refractivity contribution in [2.75, 3.05) is 27.9 Å². The van der Waals surface area contributed by atoms with Crippen molar-refractivity contribution in [3.63, 3.8) is 0 Å². The van der Waals surface area contributed by atoms with Crippen LogP contribution in [0.4, 0.5) is 5.13 Å². The van der Waals surface area contributed by atoms with Crippen LogP contribution in [0, 0.1) is 6.92 Å². The molecule has 29 heavy (non-hydrogen) atoms. The number of hydrogen-bond acceptors (Lipinski definition) is 9. The molecular weight excluding hydrogens is 412 g/mol. The number of amidine groups is 1. The van der Waals surface area contributed by atoms with E-state index < -0.39 is 0 Å². The van der Waals surface area contributed by atoms with Gasteiger partial charge in [0.25, 0.3) is 5.91 Å². The van der Waals surface area contributed by atoms with Gasteiger partial charge in [0.05, 0.1) is 26.2 Å². The van der Waals surface area contributed by atoms with Crippen LogP contribution in [0.25, 0.3) is 6.08 Å². The third-order valence-electron chi connectivity index (χ3n) is 3.89. The lowest BCUT2D eigenvalue weighted by molar-refractivity contribution is -0.121. The Balaban J connectivity index is 2.00. The van der Waals surface area contributed by atoms with E-state index in [2.05, 4.69) is 21.8 Å². The van der Waals surface area contributed by atoms with E-state index in [0.717, 1.165) is 10.6 Å². The molecule has 0 atom stereocenters. The van der Waals surface area contributed by atoms with Crippen molar-refractivity contribution >= 4 is 45.4 Å². The molecule has 1 aliphatic rings. The summed E-state index contributed by atoms with van der Waals surface area (Å²) >= 11 is 2.63. The molecule has 1 fully saturated rings. The quantitative estimate of drug-likeness (QED) is 0.487. The van der Waals surface area contributed by atoms with Crippen LogP contribution < -0.4 is 14.2 Å². The topological polar surface area (TPSA) is 86.1 Å². The molecule has 1 aliphatic heterocycles. The van der Waals surface area contributed by atoms with Gasteiger partial charge < -0.3 is 14.2 Å². The number of aliphatic imine (C=N–C) groups is 1. The molecule has 0 radical (unpaired) electrons. The fourth-order valence-corrected chi connectivity index (χ4v) is 4.24. The van der Waals surface area contributed by atoms with Crippen LogP contribution in [-0.4, -0.2) is 54.0 Å². The number of nitrogens with zero attached hydrogens (tertiary/aromatic N) is 4. The van der Waals surface area contributed by atoms with Crippen LogP contribution in [0.3, 0.4) is 0 Å². The summed E-state index contributed by atoms with van der Waals surface area (Å²) in [6, 6.07) is 3.56. The summed E-state index contributed by atoms with van der Waals surface area (Å²) in [5.74, 6) is 1.35. The van der Waals surface area contributed by atoms with Crippen molar-refractivity contribution in [2.24, 2.45) is 4.99 Å². The van der Waals surface area contributed by atoms with Gasteiger partial charge in [0, 0.05) is 6.54 Å². The summed E-state index contributed by atoms with van der Waals surface area (Å²) in [7, 11) is 4.63. The second-order valence-corrected chi connectivity index (χ2v) is 7.94. The monoisotopic (exact) mass is 432 g/mol. The summed E-state index contributed by atoms with van der Waals surface area (Å²) in [4.78, 5) is 19.5. The van der Waals surface area contributed by atoms with Gasteiger partial charge in [0.1, 0.15) is 5.01 Å². The number of carbonyl (C=O) groups excluding carboxylic acids is 1. The number of thioether (sulfide) groups is 1. The molecule has 0 spiro atoms. The van der Waals surface area contributed by atoms with E-state index in [9.17, 15) is 4.79 Å². The molecule has 0 N–H and O–H groups in total. The third-order valence-corrected chi connectivity index (χ3v) is 5.63. The first-order chi connectivity index (χ1) is 14.0. The Morgan fingerprint density at radius 3 is 2.38 bits per heavy atom. The van der Waals surface area contributed by atoms with Crippen LogP contribution >= 0.6 is 23.1 Å². The largest absolute Gasteiger partial charge is 0.493 e. The van der Waals surface area contributed by atoms with Crippen LogP contribution in [0.1, 0.15) is 10.6 Å². The third kappa shape index (κ3) is 4.43. The lowest BCUT2D eigenvalue weighted by Crippen LogP contribution is -2.29. The summed E-state index contributed by atoms with van der Waals surface area (Å²) in [6.45, 7) is 5.92. The number of rotatable bonds is 7. The van der Waals surface area contributed by atoms with E-state index in [0.29, 0.717) is 39.0 Å². The lowest BCUT2D eigenvalue weighted by Gasteiger charge is -2.13. The normalized spacial score (nSPS) is 16.6. The molecular formula is C19H20N4O4S2. The minimum Gasteiger partial charge on any atom is -0.493 e. The average molecular weight is 433 g/mol. The molecule has 152 valence electrons. The molecule has 1 aromatic carbocycles. The SMILES string of the molecule is C=CCN1C(=O)/C(=C/c2cc(OC)c(OC)c(OC)c2)S/C1=N/c1nnc(C)s1. The van der Waals surface area contributed by atoms with E-state index in [1.807, 2.05) is 6.92 Å². The minimum atomic E-state index is -0.163. The maximum Gasteiger partial charge on any atom is 0.267 e. The number of aromatic nitrogens is 2. The first-order valence-electron chi connectivity index (χ1n) is 8.51. The van der Waals surface area contributed by atoms with E-state index >= 15 is 0 Å². The molecule has 0 aliphatic carbocycles. The van der Waals surface area contributed by atoms with Crippen LogP contribution in [0.15, 0.2) is 34.7 Å². The molecule has 1 saturated heterocycles. The Labute approximate surface area is 176 Å². The number of ether oxygens (including phenoxy) is 3. The Kier molecular flexibility index (Phi) is 6.55. The van der Waals surface area contributed by atoms with Gasteiger partial charge in [-0.15, -0.1) is 16.8 Å². The first kappa shape index (κ1) is 20.9. The zero-order valence-corrected chi connectivity index (χ0v) is 18.1. The second-order valence-electron chi connectivity index (χ2n) is 5.77. The Hall–Kier alpha value is -2.85. The highest BCUT2D eigenvalue weighted by Crippen LogP contribution is 2.40. The number of carbonyl (C=O) groups is 1. The fraction of sp³-hybridized carbons (Fsp3) is 0.263. The first-order valence-corrected chi connectivity index (χ1v) is 10.1. The number of benzene rings is 1. The van der Waals surface area contributed by atoms with Crippen molar-refractivity contribution < 1.29 is 19.0 Å². The van der Waals surface area contributed by atoms with Crippen LogP contribution in [0.2, 0.25) is 0 Å². The molecule has 0 unspecified atom stereocenters. The molecule has 0 bridgehead atoms. The summed E-state index contributed by atoms with van der Waals surface area (Å²) < 4.78 is 16.1. The highest BCUT2D eigenvalue weighted by Gasteiger charge is 2.33. The summed E-state index contributed by atoms with van der Waals surface area (Å²) in [6.07, 6.45) is 3.42.